The van der Waals surface area contributed by atoms with Crippen LogP contribution in [0.2, 0.25) is 0 Å². The van der Waals surface area contributed by atoms with Gasteiger partial charge in [0.1, 0.15) is 6.10 Å². The average molecular weight is 309 g/mol. The summed E-state index contributed by atoms with van der Waals surface area (Å²) in [6.45, 7) is -0.675. The van der Waals surface area contributed by atoms with Crippen molar-refractivity contribution in [1.29, 1.82) is 0 Å². The lowest BCUT2D eigenvalue weighted by Crippen LogP contribution is -2.42. The van der Waals surface area contributed by atoms with Crippen molar-refractivity contribution >= 4 is 17.6 Å². The summed E-state index contributed by atoms with van der Waals surface area (Å²) in [6, 6.07) is 0. The molecule has 4 N–H and O–H groups in total. The summed E-state index contributed by atoms with van der Waals surface area (Å²) >= 11 is 0.887. The lowest BCUT2D eigenvalue weighted by molar-refractivity contribution is -0.0711. The normalized spacial score (nSPS) is 33.5. The van der Waals surface area contributed by atoms with Gasteiger partial charge in [-0.25, -0.2) is 13.6 Å². The molecule has 1 aliphatic rings. The summed E-state index contributed by atoms with van der Waals surface area (Å²) in [5.74, 6) is -1.63. The van der Waals surface area contributed by atoms with Crippen LogP contribution in [0.5, 0.6) is 0 Å². The van der Waals surface area contributed by atoms with Crippen LogP contribution in [0.15, 0.2) is 11.0 Å². The van der Waals surface area contributed by atoms with Crippen molar-refractivity contribution in [3.8, 4) is 0 Å². The van der Waals surface area contributed by atoms with Gasteiger partial charge in [0.15, 0.2) is 29.0 Å². The Morgan fingerprint density at radius 2 is 2.35 bits per heavy atom. The molecule has 0 spiro atoms. The molecule has 0 aromatic carbocycles. The van der Waals surface area contributed by atoms with E-state index in [-0.39, 0.29) is 0 Å². The molecule has 4 atom stereocenters. The molecule has 2 heterocycles. The third-order valence-corrected chi connectivity index (χ3v) is 4.28. The molecular weight excluding hydrogens is 296 g/mol. The van der Waals surface area contributed by atoms with E-state index in [1.165, 1.54) is 6.26 Å². The van der Waals surface area contributed by atoms with Crippen LogP contribution in [0.1, 0.15) is 6.23 Å². The first kappa shape index (κ1) is 15.2. The standard InChI is InChI=1S/C10H13F2N3O4S/c1-20-10(3-16)6(17)5(12)8(19-10)15-2-4(11)7(13)14-9(15)18/h2,5-6,8,16-17H,3H2,1H3,(H2,13,14,18)/t5-,6-,8+,10-/m0/s1. The Morgan fingerprint density at radius 1 is 1.70 bits per heavy atom. The van der Waals surface area contributed by atoms with Gasteiger partial charge >= 0.3 is 5.69 Å². The van der Waals surface area contributed by atoms with Gasteiger partial charge in [-0.2, -0.15) is 4.98 Å². The van der Waals surface area contributed by atoms with E-state index in [2.05, 4.69) is 4.98 Å². The van der Waals surface area contributed by atoms with E-state index in [9.17, 15) is 23.8 Å². The number of thioether (sulfide) groups is 1. The zero-order valence-corrected chi connectivity index (χ0v) is 11.2. The lowest BCUT2D eigenvalue weighted by atomic mass is 10.1. The fourth-order valence-electron chi connectivity index (χ4n) is 1.95. The Balaban J connectivity index is 2.45. The van der Waals surface area contributed by atoms with E-state index >= 15 is 0 Å². The zero-order chi connectivity index (χ0) is 15.1. The number of alkyl halides is 1. The lowest BCUT2D eigenvalue weighted by Gasteiger charge is -2.27. The SMILES string of the molecule is CS[C@]1(CO)O[C@@H](n2cc(F)c(N)nc2=O)[C@@H](F)[C@@H]1O. The molecule has 1 aliphatic heterocycles. The molecular formula is C10H13F2N3O4S. The van der Waals surface area contributed by atoms with Crippen molar-refractivity contribution in [2.75, 3.05) is 18.6 Å². The predicted octanol–water partition coefficient (Wildman–Crippen LogP) is -0.756. The molecule has 1 fully saturated rings. The molecule has 0 radical (unpaired) electrons. The molecule has 10 heteroatoms. The topological polar surface area (TPSA) is 111 Å². The highest BCUT2D eigenvalue weighted by Gasteiger charge is 2.55. The number of nitrogens with zero attached hydrogens (tertiary/aromatic N) is 2. The van der Waals surface area contributed by atoms with Gasteiger partial charge in [0.2, 0.25) is 0 Å². The van der Waals surface area contributed by atoms with Gasteiger partial charge in [-0.15, -0.1) is 11.8 Å². The maximum absolute atomic E-state index is 14.1. The summed E-state index contributed by atoms with van der Waals surface area (Å²) in [6.07, 6.45) is -3.15. The van der Waals surface area contributed by atoms with Crippen molar-refractivity contribution in [3.63, 3.8) is 0 Å². The van der Waals surface area contributed by atoms with Crippen LogP contribution < -0.4 is 11.4 Å². The zero-order valence-electron chi connectivity index (χ0n) is 10.4. The van der Waals surface area contributed by atoms with Crippen molar-refractivity contribution in [3.05, 3.63) is 22.5 Å². The van der Waals surface area contributed by atoms with E-state index in [1.807, 2.05) is 0 Å². The summed E-state index contributed by atoms with van der Waals surface area (Å²) in [5.41, 5.74) is 4.11. The smallest absolute Gasteiger partial charge is 0.351 e. The Bertz CT molecular complexity index is 566. The summed E-state index contributed by atoms with van der Waals surface area (Å²) in [4.78, 5) is 13.2. The molecule has 1 aromatic heterocycles. The molecule has 2 rings (SSSR count). The molecule has 1 saturated heterocycles. The summed E-state index contributed by atoms with van der Waals surface area (Å²) in [7, 11) is 0. The first-order valence-electron chi connectivity index (χ1n) is 5.56. The molecule has 7 nitrogen and oxygen atoms in total. The second kappa shape index (κ2) is 5.28. The largest absolute Gasteiger partial charge is 0.392 e. The molecule has 112 valence electrons. The highest BCUT2D eigenvalue weighted by molar-refractivity contribution is 7.99. The number of hydrogen-bond acceptors (Lipinski definition) is 7. The number of aliphatic hydroxyl groups excluding tert-OH is 2. The highest BCUT2D eigenvalue weighted by atomic mass is 32.2. The van der Waals surface area contributed by atoms with Gasteiger partial charge in [0, 0.05) is 0 Å². The molecule has 20 heavy (non-hydrogen) atoms. The number of rotatable bonds is 3. The fraction of sp³-hybridized carbons (Fsp3) is 0.600. The minimum absolute atomic E-state index is 0.563. The van der Waals surface area contributed by atoms with Gasteiger partial charge in [0.05, 0.1) is 12.8 Å². The number of aliphatic hydroxyl groups is 2. The number of aromatic nitrogens is 2. The van der Waals surface area contributed by atoms with E-state index in [1.54, 1.807) is 0 Å². The number of ether oxygens (including phenoxy) is 1. The summed E-state index contributed by atoms with van der Waals surface area (Å²) in [5, 5.41) is 19.1. The molecule has 0 amide bonds. The van der Waals surface area contributed by atoms with Crippen molar-refractivity contribution in [1.82, 2.24) is 9.55 Å². The second-order valence-corrected chi connectivity index (χ2v) is 5.33. The van der Waals surface area contributed by atoms with Crippen LogP contribution in [0.25, 0.3) is 0 Å². The maximum atomic E-state index is 14.1. The van der Waals surface area contributed by atoms with Crippen molar-refractivity contribution in [2.24, 2.45) is 0 Å². The van der Waals surface area contributed by atoms with E-state index in [4.69, 9.17) is 10.5 Å². The third-order valence-electron chi connectivity index (χ3n) is 3.12. The number of anilines is 1. The molecule has 0 unspecified atom stereocenters. The quantitative estimate of drug-likeness (QED) is 0.673. The van der Waals surface area contributed by atoms with E-state index in [0.29, 0.717) is 10.8 Å². The van der Waals surface area contributed by atoms with E-state index in [0.717, 1.165) is 11.8 Å². The van der Waals surface area contributed by atoms with Crippen LogP contribution in [-0.4, -0.2) is 49.8 Å². The van der Waals surface area contributed by atoms with Crippen LogP contribution in [0.3, 0.4) is 0 Å². The predicted molar refractivity (Wildman–Crippen MR) is 67.2 cm³/mol. The van der Waals surface area contributed by atoms with Crippen LogP contribution >= 0.6 is 11.8 Å². The summed E-state index contributed by atoms with van der Waals surface area (Å²) < 4.78 is 33.3. The number of nitrogen functional groups attached to an aromatic ring is 1. The van der Waals surface area contributed by atoms with E-state index < -0.39 is 47.4 Å². The Morgan fingerprint density at radius 3 is 2.85 bits per heavy atom. The minimum Gasteiger partial charge on any atom is -0.392 e. The third kappa shape index (κ3) is 2.18. The van der Waals surface area contributed by atoms with Crippen LogP contribution in [-0.2, 0) is 4.74 Å². The van der Waals surface area contributed by atoms with Gasteiger partial charge < -0.3 is 20.7 Å². The van der Waals surface area contributed by atoms with Gasteiger partial charge in [-0.3, -0.25) is 4.57 Å². The van der Waals surface area contributed by atoms with Crippen molar-refractivity contribution < 1.29 is 23.7 Å². The Labute approximate surface area is 116 Å². The first-order valence-corrected chi connectivity index (χ1v) is 6.79. The van der Waals surface area contributed by atoms with Gasteiger partial charge in [-0.1, -0.05) is 0 Å². The van der Waals surface area contributed by atoms with Gasteiger partial charge in [0.25, 0.3) is 0 Å². The Hall–Kier alpha value is -1.23. The first-order chi connectivity index (χ1) is 9.36. The average Bonchev–Trinajstić information content (AvgIpc) is 2.68. The molecule has 0 bridgehead atoms. The second-order valence-electron chi connectivity index (χ2n) is 4.24. The number of nitrogens with two attached hydrogens (primary N) is 1. The molecule has 0 aliphatic carbocycles. The number of halogens is 2. The monoisotopic (exact) mass is 309 g/mol. The van der Waals surface area contributed by atoms with Crippen molar-refractivity contribution in [2.45, 2.75) is 23.4 Å². The fourth-order valence-corrected chi connectivity index (χ4v) is 2.65. The molecule has 1 aromatic rings. The minimum atomic E-state index is -2.03. The Kier molecular flexibility index (Phi) is 4.00. The van der Waals surface area contributed by atoms with Gasteiger partial charge in [-0.05, 0) is 6.26 Å². The maximum Gasteiger partial charge on any atom is 0.351 e. The van der Waals surface area contributed by atoms with Crippen LogP contribution in [0, 0.1) is 5.82 Å². The highest BCUT2D eigenvalue weighted by Crippen LogP contribution is 2.44. The molecule has 0 saturated carbocycles. The number of hydrogen-bond donors (Lipinski definition) is 3. The van der Waals surface area contributed by atoms with Crippen LogP contribution in [0.4, 0.5) is 14.6 Å².